The van der Waals surface area contributed by atoms with E-state index in [9.17, 15) is 4.79 Å². The van der Waals surface area contributed by atoms with Gasteiger partial charge in [0.15, 0.2) is 0 Å². The average molecular weight is 296 g/mol. The summed E-state index contributed by atoms with van der Waals surface area (Å²) in [6.07, 6.45) is 6.07. The van der Waals surface area contributed by atoms with E-state index in [1.165, 1.54) is 19.3 Å². The minimum Gasteiger partial charge on any atom is -0.375 e. The fraction of sp³-hybridized carbons (Fsp3) is 0.941. The van der Waals surface area contributed by atoms with Gasteiger partial charge in [-0.3, -0.25) is 4.79 Å². The highest BCUT2D eigenvalue weighted by atomic mass is 16.5. The highest BCUT2D eigenvalue weighted by Gasteiger charge is 2.34. The van der Waals surface area contributed by atoms with Gasteiger partial charge in [-0.15, -0.1) is 0 Å². The molecule has 122 valence electrons. The Hall–Kier alpha value is -0.610. The van der Waals surface area contributed by atoms with Crippen LogP contribution in [0.15, 0.2) is 0 Å². The van der Waals surface area contributed by atoms with E-state index in [0.717, 1.165) is 31.8 Å². The Bertz CT molecular complexity index is 349. The molecule has 1 aliphatic carbocycles. The van der Waals surface area contributed by atoms with Gasteiger partial charge in [-0.05, 0) is 43.4 Å². The van der Waals surface area contributed by atoms with Gasteiger partial charge < -0.3 is 15.0 Å². The molecule has 0 spiro atoms. The van der Waals surface area contributed by atoms with Crippen molar-refractivity contribution in [2.24, 2.45) is 11.3 Å². The Balaban J connectivity index is 1.75. The van der Waals surface area contributed by atoms with Crippen molar-refractivity contribution in [1.82, 2.24) is 10.2 Å². The van der Waals surface area contributed by atoms with Crippen molar-refractivity contribution in [3.63, 3.8) is 0 Å². The first-order valence-electron chi connectivity index (χ1n) is 8.44. The second kappa shape index (κ2) is 7.10. The highest BCUT2D eigenvalue weighted by Crippen LogP contribution is 2.38. The van der Waals surface area contributed by atoms with Crippen LogP contribution in [0.1, 0.15) is 52.9 Å². The van der Waals surface area contributed by atoms with Crippen LogP contribution in [0.4, 0.5) is 0 Å². The third kappa shape index (κ3) is 4.68. The van der Waals surface area contributed by atoms with Gasteiger partial charge in [-0.25, -0.2) is 0 Å². The number of nitrogens with zero attached hydrogens (tertiary/aromatic N) is 1. The molecule has 1 saturated heterocycles. The van der Waals surface area contributed by atoms with Gasteiger partial charge in [0.2, 0.25) is 5.91 Å². The molecule has 2 fully saturated rings. The van der Waals surface area contributed by atoms with Crippen molar-refractivity contribution in [2.75, 3.05) is 26.8 Å². The van der Waals surface area contributed by atoms with Crippen LogP contribution in [-0.2, 0) is 9.53 Å². The first-order chi connectivity index (χ1) is 9.91. The van der Waals surface area contributed by atoms with Crippen molar-refractivity contribution >= 4 is 5.91 Å². The predicted octanol–water partition coefficient (Wildman–Crippen LogP) is 2.43. The Morgan fingerprint density at radius 3 is 2.52 bits per heavy atom. The van der Waals surface area contributed by atoms with Gasteiger partial charge in [0.25, 0.3) is 0 Å². The van der Waals surface area contributed by atoms with Gasteiger partial charge in [-0.1, -0.05) is 20.8 Å². The van der Waals surface area contributed by atoms with Crippen molar-refractivity contribution in [1.29, 1.82) is 0 Å². The number of methoxy groups -OCH3 is 1. The van der Waals surface area contributed by atoms with E-state index >= 15 is 0 Å². The molecule has 0 bridgehead atoms. The van der Waals surface area contributed by atoms with E-state index < -0.39 is 0 Å². The van der Waals surface area contributed by atoms with Crippen LogP contribution >= 0.6 is 0 Å². The van der Waals surface area contributed by atoms with Crippen LogP contribution < -0.4 is 5.32 Å². The Kier molecular flexibility index (Phi) is 5.67. The molecule has 0 aromatic carbocycles. The van der Waals surface area contributed by atoms with Crippen molar-refractivity contribution < 1.29 is 9.53 Å². The molecule has 0 aromatic rings. The number of nitrogens with one attached hydrogen (secondary N) is 1. The molecule has 1 amide bonds. The summed E-state index contributed by atoms with van der Waals surface area (Å²) in [5, 5.41) is 3.87. The van der Waals surface area contributed by atoms with E-state index in [4.69, 9.17) is 4.74 Å². The number of piperidine rings is 1. The zero-order valence-corrected chi connectivity index (χ0v) is 14.2. The summed E-state index contributed by atoms with van der Waals surface area (Å²) in [6.45, 7) is 9.11. The van der Waals surface area contributed by atoms with E-state index in [-0.39, 0.29) is 12.5 Å². The number of hydrogen-bond acceptors (Lipinski definition) is 3. The summed E-state index contributed by atoms with van der Waals surface area (Å²) in [6, 6.07) is 1.23. The van der Waals surface area contributed by atoms with E-state index in [1.807, 2.05) is 4.90 Å². The van der Waals surface area contributed by atoms with Crippen molar-refractivity contribution in [3.05, 3.63) is 0 Å². The first-order valence-corrected chi connectivity index (χ1v) is 8.44. The number of likely N-dealkylation sites (tertiary alicyclic amines) is 1. The van der Waals surface area contributed by atoms with Gasteiger partial charge in [-0.2, -0.15) is 0 Å². The molecule has 0 aromatic heterocycles. The molecule has 4 heteroatoms. The fourth-order valence-corrected chi connectivity index (χ4v) is 4.01. The Labute approximate surface area is 129 Å². The van der Waals surface area contributed by atoms with Gasteiger partial charge >= 0.3 is 0 Å². The second-order valence-electron chi connectivity index (χ2n) is 7.75. The minimum absolute atomic E-state index is 0.128. The van der Waals surface area contributed by atoms with Crippen LogP contribution in [0.5, 0.6) is 0 Å². The zero-order valence-electron chi connectivity index (χ0n) is 14.2. The molecule has 2 aliphatic rings. The van der Waals surface area contributed by atoms with E-state index in [1.54, 1.807) is 7.11 Å². The van der Waals surface area contributed by atoms with Crippen molar-refractivity contribution in [3.8, 4) is 0 Å². The second-order valence-corrected chi connectivity index (χ2v) is 7.75. The third-order valence-electron chi connectivity index (χ3n) is 5.26. The van der Waals surface area contributed by atoms with Gasteiger partial charge in [0.05, 0.1) is 0 Å². The number of ether oxygens (including phenoxy) is 1. The lowest BCUT2D eigenvalue weighted by molar-refractivity contribution is -0.136. The number of carbonyl (C=O) groups is 1. The van der Waals surface area contributed by atoms with Crippen LogP contribution in [0.2, 0.25) is 0 Å². The smallest absolute Gasteiger partial charge is 0.248 e. The standard InChI is InChI=1S/C17H32N2O2/c1-13-11-17(2,3)8-5-15(13)18-14-6-9-19(10-7-14)16(20)12-21-4/h13-15,18H,5-12H2,1-4H3. The molecule has 0 radical (unpaired) electrons. The molecule has 2 unspecified atom stereocenters. The van der Waals surface area contributed by atoms with Crippen molar-refractivity contribution in [2.45, 2.75) is 65.0 Å². The van der Waals surface area contributed by atoms with Crippen LogP contribution in [0, 0.1) is 11.3 Å². The molecule has 1 aliphatic heterocycles. The Morgan fingerprint density at radius 1 is 1.29 bits per heavy atom. The lowest BCUT2D eigenvalue weighted by atomic mass is 9.70. The molecular weight excluding hydrogens is 264 g/mol. The first kappa shape index (κ1) is 16.8. The maximum Gasteiger partial charge on any atom is 0.248 e. The molecular formula is C17H32N2O2. The summed E-state index contributed by atoms with van der Waals surface area (Å²) in [7, 11) is 1.58. The number of amides is 1. The molecule has 4 nitrogen and oxygen atoms in total. The van der Waals surface area contributed by atoms with E-state index in [2.05, 4.69) is 26.1 Å². The summed E-state index contributed by atoms with van der Waals surface area (Å²) in [5.74, 6) is 0.880. The fourth-order valence-electron chi connectivity index (χ4n) is 4.01. The third-order valence-corrected chi connectivity index (χ3v) is 5.26. The SMILES string of the molecule is COCC(=O)N1CCC(NC2CCC(C)(C)CC2C)CC1. The van der Waals surface area contributed by atoms with Crippen LogP contribution in [-0.4, -0.2) is 49.7 Å². The normalized spacial score (nSPS) is 30.4. The molecule has 2 atom stereocenters. The van der Waals surface area contributed by atoms with Gasteiger partial charge in [0.1, 0.15) is 6.61 Å². The number of hydrogen-bond donors (Lipinski definition) is 1. The van der Waals surface area contributed by atoms with Gasteiger partial charge in [0, 0.05) is 32.3 Å². The largest absolute Gasteiger partial charge is 0.375 e. The number of carbonyl (C=O) groups excluding carboxylic acids is 1. The molecule has 1 heterocycles. The molecule has 21 heavy (non-hydrogen) atoms. The molecule has 1 N–H and O–H groups in total. The highest BCUT2D eigenvalue weighted by molar-refractivity contribution is 5.77. The quantitative estimate of drug-likeness (QED) is 0.866. The summed E-state index contributed by atoms with van der Waals surface area (Å²) < 4.78 is 4.93. The van der Waals surface area contributed by atoms with E-state index in [0.29, 0.717) is 17.5 Å². The monoisotopic (exact) mass is 296 g/mol. The average Bonchev–Trinajstić information content (AvgIpc) is 2.42. The maximum atomic E-state index is 11.8. The topological polar surface area (TPSA) is 41.6 Å². The Morgan fingerprint density at radius 2 is 1.95 bits per heavy atom. The minimum atomic E-state index is 0.128. The zero-order chi connectivity index (χ0) is 15.5. The van der Waals surface area contributed by atoms with Crippen LogP contribution in [0.3, 0.4) is 0 Å². The summed E-state index contributed by atoms with van der Waals surface area (Å²) in [5.41, 5.74) is 0.507. The summed E-state index contributed by atoms with van der Waals surface area (Å²) in [4.78, 5) is 13.7. The lowest BCUT2D eigenvalue weighted by Gasteiger charge is -2.42. The lowest BCUT2D eigenvalue weighted by Crippen LogP contribution is -2.51. The molecule has 2 rings (SSSR count). The predicted molar refractivity (Wildman–Crippen MR) is 85.2 cm³/mol. The molecule has 1 saturated carbocycles. The van der Waals surface area contributed by atoms with Crippen LogP contribution in [0.25, 0.3) is 0 Å². The number of rotatable bonds is 4. The maximum absolute atomic E-state index is 11.8. The summed E-state index contributed by atoms with van der Waals surface area (Å²) >= 11 is 0.